The van der Waals surface area contributed by atoms with Crippen LogP contribution in [0.15, 0.2) is 35.1 Å². The fourth-order valence-corrected chi connectivity index (χ4v) is 2.30. The highest BCUT2D eigenvalue weighted by molar-refractivity contribution is 9.10. The molecule has 0 aliphatic heterocycles. The lowest BCUT2D eigenvalue weighted by atomic mass is 10.2. The summed E-state index contributed by atoms with van der Waals surface area (Å²) in [5.41, 5.74) is 1.05. The van der Waals surface area contributed by atoms with Crippen LogP contribution in [-0.4, -0.2) is 35.1 Å². The van der Waals surface area contributed by atoms with E-state index in [1.165, 1.54) is 6.07 Å². The van der Waals surface area contributed by atoms with E-state index >= 15 is 0 Å². The molecule has 0 amide bonds. The van der Waals surface area contributed by atoms with Gasteiger partial charge in [0.05, 0.1) is 4.47 Å². The largest absolute Gasteiger partial charge is 0.330 e. The third-order valence-electron chi connectivity index (χ3n) is 2.92. The average molecular weight is 326 g/mol. The van der Waals surface area contributed by atoms with Crippen LogP contribution in [0.1, 0.15) is 11.4 Å². The van der Waals surface area contributed by atoms with Gasteiger partial charge in [-0.2, -0.15) is 0 Å². The minimum absolute atomic E-state index is 0.234. The molecule has 1 aromatic carbocycles. The first-order valence-corrected chi connectivity index (χ1v) is 6.94. The Labute approximate surface area is 121 Å². The van der Waals surface area contributed by atoms with Crippen LogP contribution in [0.5, 0.6) is 0 Å². The summed E-state index contributed by atoms with van der Waals surface area (Å²) < 4.78 is 15.8. The minimum Gasteiger partial charge on any atom is -0.330 e. The van der Waals surface area contributed by atoms with E-state index in [2.05, 4.69) is 30.4 Å². The Morgan fingerprint density at radius 3 is 2.84 bits per heavy atom. The lowest BCUT2D eigenvalue weighted by Gasteiger charge is -2.11. The number of halogens is 2. The molecule has 102 valence electrons. The van der Waals surface area contributed by atoms with Gasteiger partial charge in [0, 0.05) is 31.9 Å². The first kappa shape index (κ1) is 14.2. The van der Waals surface area contributed by atoms with Gasteiger partial charge in [0.1, 0.15) is 11.6 Å². The molecular weight excluding hydrogens is 309 g/mol. The summed E-state index contributed by atoms with van der Waals surface area (Å²) in [5, 5.41) is 0. The van der Waals surface area contributed by atoms with Crippen molar-refractivity contribution in [2.24, 2.45) is 0 Å². The summed E-state index contributed by atoms with van der Waals surface area (Å²) in [4.78, 5) is 6.51. The molecule has 0 radical (unpaired) electrons. The summed E-state index contributed by atoms with van der Waals surface area (Å²) in [6, 6.07) is 5.09. The highest BCUT2D eigenvalue weighted by Gasteiger charge is 2.06. The number of aromatic nitrogens is 2. The van der Waals surface area contributed by atoms with Crippen LogP contribution in [0.25, 0.3) is 0 Å². The van der Waals surface area contributed by atoms with E-state index in [1.807, 2.05) is 32.6 Å². The third kappa shape index (κ3) is 3.88. The highest BCUT2D eigenvalue weighted by atomic mass is 79.9. The molecule has 0 N–H and O–H groups in total. The first-order chi connectivity index (χ1) is 9.06. The molecule has 0 aliphatic rings. The zero-order chi connectivity index (χ0) is 13.8. The molecule has 0 atom stereocenters. The first-order valence-electron chi connectivity index (χ1n) is 6.15. The number of hydrogen-bond acceptors (Lipinski definition) is 2. The second-order valence-electron chi connectivity index (χ2n) is 4.77. The van der Waals surface area contributed by atoms with Crippen LogP contribution in [0.3, 0.4) is 0 Å². The van der Waals surface area contributed by atoms with Gasteiger partial charge in [-0.3, -0.25) is 0 Å². The Hall–Kier alpha value is -1.20. The molecule has 0 bridgehead atoms. The summed E-state index contributed by atoms with van der Waals surface area (Å²) in [7, 11) is 4.09. The van der Waals surface area contributed by atoms with Crippen molar-refractivity contribution in [3.63, 3.8) is 0 Å². The molecule has 0 spiro atoms. The molecule has 2 aromatic rings. The van der Waals surface area contributed by atoms with Gasteiger partial charge in [0.15, 0.2) is 0 Å². The quantitative estimate of drug-likeness (QED) is 0.842. The molecule has 0 saturated carbocycles. The smallest absolute Gasteiger partial charge is 0.137 e. The molecule has 5 heteroatoms. The molecule has 1 aromatic heterocycles. The highest BCUT2D eigenvalue weighted by Crippen LogP contribution is 2.18. The normalized spacial score (nSPS) is 11.2. The predicted molar refractivity (Wildman–Crippen MR) is 77.7 cm³/mol. The van der Waals surface area contributed by atoms with Crippen LogP contribution in [0.2, 0.25) is 0 Å². The lowest BCUT2D eigenvalue weighted by molar-refractivity contribution is 0.406. The van der Waals surface area contributed by atoms with Gasteiger partial charge in [0.25, 0.3) is 0 Å². The number of benzene rings is 1. The van der Waals surface area contributed by atoms with Crippen molar-refractivity contribution in [2.45, 2.75) is 13.0 Å². The monoisotopic (exact) mass is 325 g/mol. The lowest BCUT2D eigenvalue weighted by Crippen LogP contribution is -2.17. The summed E-state index contributed by atoms with van der Waals surface area (Å²) in [6.45, 7) is 1.67. The van der Waals surface area contributed by atoms with Crippen LogP contribution >= 0.6 is 15.9 Å². The fraction of sp³-hybridized carbons (Fsp3) is 0.357. The molecule has 1 heterocycles. The van der Waals surface area contributed by atoms with Crippen molar-refractivity contribution >= 4 is 15.9 Å². The van der Waals surface area contributed by atoms with Gasteiger partial charge in [-0.25, -0.2) is 9.37 Å². The molecule has 19 heavy (non-hydrogen) atoms. The standard InChI is InChI=1S/C14H17BrFN3/c1-18(2)7-5-14-17-6-8-19(14)10-11-3-4-13(16)12(15)9-11/h3-4,6,8-9H,5,7,10H2,1-2H3. The third-order valence-corrected chi connectivity index (χ3v) is 3.53. The van der Waals surface area contributed by atoms with E-state index in [9.17, 15) is 4.39 Å². The van der Waals surface area contributed by atoms with Gasteiger partial charge >= 0.3 is 0 Å². The Bertz CT molecular complexity index is 551. The molecule has 3 nitrogen and oxygen atoms in total. The minimum atomic E-state index is -0.234. The van der Waals surface area contributed by atoms with Gasteiger partial charge in [0.2, 0.25) is 0 Å². The maximum atomic E-state index is 13.2. The number of nitrogens with zero attached hydrogens (tertiary/aromatic N) is 3. The predicted octanol–water partition coefficient (Wildman–Crippen LogP) is 2.94. The van der Waals surface area contributed by atoms with Crippen molar-refractivity contribution in [1.82, 2.24) is 14.5 Å². The number of rotatable bonds is 5. The second-order valence-corrected chi connectivity index (χ2v) is 5.63. The number of hydrogen-bond donors (Lipinski definition) is 0. The Morgan fingerprint density at radius 2 is 2.16 bits per heavy atom. The van der Waals surface area contributed by atoms with Gasteiger partial charge in [-0.15, -0.1) is 0 Å². The van der Waals surface area contributed by atoms with Crippen molar-refractivity contribution in [2.75, 3.05) is 20.6 Å². The van der Waals surface area contributed by atoms with Crippen LogP contribution in [0, 0.1) is 5.82 Å². The van der Waals surface area contributed by atoms with E-state index in [1.54, 1.807) is 6.07 Å². The Balaban J connectivity index is 2.10. The second kappa shape index (κ2) is 6.30. The Kier molecular flexibility index (Phi) is 4.71. The summed E-state index contributed by atoms with van der Waals surface area (Å²) in [6.07, 6.45) is 4.67. The van der Waals surface area contributed by atoms with Crippen LogP contribution in [-0.2, 0) is 13.0 Å². The molecule has 0 aliphatic carbocycles. The molecule has 0 unspecified atom stereocenters. The molecule has 0 fully saturated rings. The average Bonchev–Trinajstić information content (AvgIpc) is 2.79. The van der Waals surface area contributed by atoms with E-state index in [0.717, 1.165) is 24.4 Å². The van der Waals surface area contributed by atoms with Crippen LogP contribution < -0.4 is 0 Å². The number of imidazole rings is 1. The van der Waals surface area contributed by atoms with Gasteiger partial charge in [-0.05, 0) is 47.7 Å². The SMILES string of the molecule is CN(C)CCc1nccn1Cc1ccc(F)c(Br)c1. The van der Waals surface area contributed by atoms with Crippen molar-refractivity contribution < 1.29 is 4.39 Å². The molecule has 2 rings (SSSR count). The van der Waals surface area contributed by atoms with Crippen molar-refractivity contribution in [3.8, 4) is 0 Å². The topological polar surface area (TPSA) is 21.1 Å². The molecule has 0 saturated heterocycles. The summed E-state index contributed by atoms with van der Waals surface area (Å²) >= 11 is 3.21. The zero-order valence-electron chi connectivity index (χ0n) is 11.1. The maximum Gasteiger partial charge on any atom is 0.137 e. The van der Waals surface area contributed by atoms with E-state index in [-0.39, 0.29) is 5.82 Å². The van der Waals surface area contributed by atoms with Gasteiger partial charge in [-0.1, -0.05) is 6.07 Å². The zero-order valence-corrected chi connectivity index (χ0v) is 12.7. The van der Waals surface area contributed by atoms with Crippen molar-refractivity contribution in [3.05, 3.63) is 52.3 Å². The van der Waals surface area contributed by atoms with Gasteiger partial charge < -0.3 is 9.47 Å². The van der Waals surface area contributed by atoms with Crippen molar-refractivity contribution in [1.29, 1.82) is 0 Å². The van der Waals surface area contributed by atoms with E-state index in [0.29, 0.717) is 11.0 Å². The Morgan fingerprint density at radius 1 is 1.37 bits per heavy atom. The van der Waals surface area contributed by atoms with E-state index < -0.39 is 0 Å². The van der Waals surface area contributed by atoms with E-state index in [4.69, 9.17) is 0 Å². The summed E-state index contributed by atoms with van der Waals surface area (Å²) in [5.74, 6) is 0.816. The maximum absolute atomic E-state index is 13.2. The van der Waals surface area contributed by atoms with Crippen LogP contribution in [0.4, 0.5) is 4.39 Å². The fourth-order valence-electron chi connectivity index (χ4n) is 1.87. The molecular formula is C14H17BrFN3. The number of likely N-dealkylation sites (N-methyl/N-ethyl adjacent to an activating group) is 1.